The van der Waals surface area contributed by atoms with Crippen molar-refractivity contribution in [3.05, 3.63) is 88.2 Å². The summed E-state index contributed by atoms with van der Waals surface area (Å²) in [5.74, 6) is -1.37. The van der Waals surface area contributed by atoms with Crippen LogP contribution in [0.1, 0.15) is 59.6 Å². The fourth-order valence-electron chi connectivity index (χ4n) is 4.53. The Morgan fingerprint density at radius 1 is 1.00 bits per heavy atom. The molecule has 0 radical (unpaired) electrons. The van der Waals surface area contributed by atoms with E-state index in [0.717, 1.165) is 41.9 Å². The SMILES string of the molecule is CCCCc1ccc(N2C(=O)/C(=C/c3cc(C)n(-c4ccc(C(=O)OCC)cc4)c3C)C(=O)NC2=S)cc1. The molecule has 1 N–H and O–H groups in total. The molecule has 1 fully saturated rings. The summed E-state index contributed by atoms with van der Waals surface area (Å²) in [5.41, 5.74) is 5.62. The normalized spacial score (nSPS) is 14.7. The Kier molecular flexibility index (Phi) is 8.22. The fourth-order valence-corrected chi connectivity index (χ4v) is 4.81. The predicted octanol–water partition coefficient (Wildman–Crippen LogP) is 5.44. The molecule has 3 aromatic rings. The topological polar surface area (TPSA) is 80.6 Å². The van der Waals surface area contributed by atoms with Gasteiger partial charge in [0, 0.05) is 17.1 Å². The van der Waals surface area contributed by atoms with Crippen LogP contribution in [0.25, 0.3) is 11.8 Å². The van der Waals surface area contributed by atoms with E-state index in [2.05, 4.69) is 12.2 Å². The second-order valence-corrected chi connectivity index (χ2v) is 9.54. The quantitative estimate of drug-likeness (QED) is 0.182. The van der Waals surface area contributed by atoms with Gasteiger partial charge in [-0.3, -0.25) is 19.8 Å². The van der Waals surface area contributed by atoms with Crippen molar-refractivity contribution in [3.8, 4) is 5.69 Å². The third kappa shape index (κ3) is 5.45. The molecule has 0 atom stereocenters. The van der Waals surface area contributed by atoms with Crippen LogP contribution in [0.15, 0.2) is 60.2 Å². The molecule has 1 aliphatic rings. The number of benzene rings is 2. The summed E-state index contributed by atoms with van der Waals surface area (Å²) in [6, 6.07) is 16.7. The van der Waals surface area contributed by atoms with Gasteiger partial charge in [-0.1, -0.05) is 25.5 Å². The second-order valence-electron chi connectivity index (χ2n) is 9.16. The van der Waals surface area contributed by atoms with Crippen molar-refractivity contribution in [2.45, 2.75) is 47.0 Å². The van der Waals surface area contributed by atoms with Gasteiger partial charge >= 0.3 is 5.97 Å². The van der Waals surface area contributed by atoms with Gasteiger partial charge in [-0.05, 0) is 105 Å². The number of anilines is 1. The third-order valence-electron chi connectivity index (χ3n) is 6.52. The highest BCUT2D eigenvalue weighted by Gasteiger charge is 2.34. The highest BCUT2D eigenvalue weighted by atomic mass is 32.1. The lowest BCUT2D eigenvalue weighted by Gasteiger charge is -2.29. The first-order valence-electron chi connectivity index (χ1n) is 12.7. The molecule has 2 heterocycles. The van der Waals surface area contributed by atoms with E-state index in [1.54, 1.807) is 25.1 Å². The molecule has 196 valence electrons. The Bertz CT molecular complexity index is 1420. The number of amides is 2. The maximum atomic E-state index is 13.5. The molecule has 4 rings (SSSR count). The van der Waals surface area contributed by atoms with Gasteiger partial charge in [0.05, 0.1) is 17.9 Å². The summed E-state index contributed by atoms with van der Waals surface area (Å²) < 4.78 is 7.07. The zero-order chi connectivity index (χ0) is 27.4. The number of nitrogens with one attached hydrogen (secondary N) is 1. The van der Waals surface area contributed by atoms with Crippen LogP contribution in [0.4, 0.5) is 5.69 Å². The number of nitrogens with zero attached hydrogens (tertiary/aromatic N) is 2. The number of ether oxygens (including phenoxy) is 1. The Morgan fingerprint density at radius 3 is 2.29 bits per heavy atom. The summed E-state index contributed by atoms with van der Waals surface area (Å²) in [6.45, 7) is 8.09. The van der Waals surface area contributed by atoms with Gasteiger partial charge in [0.25, 0.3) is 11.8 Å². The summed E-state index contributed by atoms with van der Waals surface area (Å²) in [6.07, 6.45) is 4.78. The summed E-state index contributed by atoms with van der Waals surface area (Å²) in [7, 11) is 0. The highest BCUT2D eigenvalue weighted by Crippen LogP contribution is 2.27. The molecule has 0 unspecified atom stereocenters. The lowest BCUT2D eigenvalue weighted by atomic mass is 10.1. The predicted molar refractivity (Wildman–Crippen MR) is 152 cm³/mol. The lowest BCUT2D eigenvalue weighted by Crippen LogP contribution is -2.54. The number of hydrogen-bond donors (Lipinski definition) is 1. The molecular formula is C30H31N3O4S. The van der Waals surface area contributed by atoms with Gasteiger partial charge in [0.2, 0.25) is 0 Å². The minimum atomic E-state index is -0.528. The largest absolute Gasteiger partial charge is 0.462 e. The first kappa shape index (κ1) is 27.0. The van der Waals surface area contributed by atoms with Crippen molar-refractivity contribution < 1.29 is 19.1 Å². The van der Waals surface area contributed by atoms with Crippen LogP contribution >= 0.6 is 12.2 Å². The third-order valence-corrected chi connectivity index (χ3v) is 6.81. The van der Waals surface area contributed by atoms with Gasteiger partial charge in [0.15, 0.2) is 5.11 Å². The highest BCUT2D eigenvalue weighted by molar-refractivity contribution is 7.80. The molecule has 1 aliphatic heterocycles. The van der Waals surface area contributed by atoms with Crippen molar-refractivity contribution in [2.75, 3.05) is 11.5 Å². The Hall–Kier alpha value is -4.04. The number of unbranched alkanes of at least 4 members (excludes halogenated alkanes) is 1. The molecule has 7 nitrogen and oxygen atoms in total. The van der Waals surface area contributed by atoms with E-state index >= 15 is 0 Å². The van der Waals surface area contributed by atoms with Gasteiger partial charge in [0.1, 0.15) is 5.57 Å². The standard InChI is InChI=1S/C30H31N3O4S/c1-5-7-8-21-9-13-25(14-10-21)33-28(35)26(27(34)31-30(33)38)18-23-17-19(3)32(20(23)4)24-15-11-22(12-16-24)29(36)37-6-2/h9-18H,5-8H2,1-4H3,(H,31,34,38)/b26-18+. The number of aryl methyl sites for hydroxylation is 2. The van der Waals surface area contributed by atoms with Crippen molar-refractivity contribution in [2.24, 2.45) is 0 Å². The van der Waals surface area contributed by atoms with Crippen LogP contribution in [0.2, 0.25) is 0 Å². The van der Waals surface area contributed by atoms with E-state index in [9.17, 15) is 14.4 Å². The number of rotatable bonds is 8. The first-order chi connectivity index (χ1) is 18.2. The fraction of sp³-hybridized carbons (Fsp3) is 0.267. The van der Waals surface area contributed by atoms with Gasteiger partial charge in [-0.15, -0.1) is 0 Å². The summed E-state index contributed by atoms with van der Waals surface area (Å²) in [5, 5.41) is 2.72. The number of aromatic nitrogens is 1. The summed E-state index contributed by atoms with van der Waals surface area (Å²) >= 11 is 5.35. The number of esters is 1. The number of thiocarbonyl (C=S) groups is 1. The Balaban J connectivity index is 1.64. The van der Waals surface area contributed by atoms with Gasteiger partial charge in [-0.25, -0.2) is 4.79 Å². The Labute approximate surface area is 228 Å². The van der Waals surface area contributed by atoms with Crippen molar-refractivity contribution in [3.63, 3.8) is 0 Å². The van der Waals surface area contributed by atoms with Crippen molar-refractivity contribution in [1.82, 2.24) is 9.88 Å². The number of carbonyl (C=O) groups is 3. The van der Waals surface area contributed by atoms with E-state index in [1.165, 1.54) is 10.5 Å². The maximum Gasteiger partial charge on any atom is 0.338 e. The lowest BCUT2D eigenvalue weighted by molar-refractivity contribution is -0.122. The van der Waals surface area contributed by atoms with E-state index < -0.39 is 11.8 Å². The van der Waals surface area contributed by atoms with Crippen molar-refractivity contribution >= 4 is 46.9 Å². The number of hydrogen-bond acceptors (Lipinski definition) is 5. The van der Waals surface area contributed by atoms with Crippen LogP contribution in [0.3, 0.4) is 0 Å². The van der Waals surface area contributed by atoms with E-state index in [-0.39, 0.29) is 16.7 Å². The van der Waals surface area contributed by atoms with E-state index in [4.69, 9.17) is 17.0 Å². The first-order valence-corrected chi connectivity index (χ1v) is 13.1. The minimum absolute atomic E-state index is 0.00608. The molecule has 0 saturated carbocycles. The van der Waals surface area contributed by atoms with Crippen LogP contribution < -0.4 is 10.2 Å². The molecule has 2 amide bonds. The van der Waals surface area contributed by atoms with E-state index in [0.29, 0.717) is 17.9 Å². The number of carbonyl (C=O) groups excluding carboxylic acids is 3. The van der Waals surface area contributed by atoms with E-state index in [1.807, 2.05) is 60.9 Å². The average molecular weight is 530 g/mol. The molecular weight excluding hydrogens is 498 g/mol. The summed E-state index contributed by atoms with van der Waals surface area (Å²) in [4.78, 5) is 39.7. The average Bonchev–Trinajstić information content (AvgIpc) is 3.18. The van der Waals surface area contributed by atoms with Crippen LogP contribution in [-0.4, -0.2) is 34.1 Å². The molecule has 1 saturated heterocycles. The Morgan fingerprint density at radius 2 is 1.66 bits per heavy atom. The van der Waals surface area contributed by atoms with Crippen LogP contribution in [0.5, 0.6) is 0 Å². The molecule has 0 bridgehead atoms. The molecule has 0 aliphatic carbocycles. The minimum Gasteiger partial charge on any atom is -0.462 e. The van der Waals surface area contributed by atoms with Gasteiger partial charge in [-0.2, -0.15) is 0 Å². The van der Waals surface area contributed by atoms with Crippen LogP contribution in [-0.2, 0) is 20.7 Å². The second kappa shape index (κ2) is 11.6. The maximum absolute atomic E-state index is 13.5. The zero-order valence-electron chi connectivity index (χ0n) is 22.0. The molecule has 8 heteroatoms. The molecule has 0 spiro atoms. The van der Waals surface area contributed by atoms with Crippen LogP contribution in [0, 0.1) is 13.8 Å². The molecule has 38 heavy (non-hydrogen) atoms. The van der Waals surface area contributed by atoms with Crippen molar-refractivity contribution in [1.29, 1.82) is 0 Å². The smallest absolute Gasteiger partial charge is 0.338 e. The van der Waals surface area contributed by atoms with Gasteiger partial charge < -0.3 is 9.30 Å². The zero-order valence-corrected chi connectivity index (χ0v) is 22.9. The monoisotopic (exact) mass is 529 g/mol. The molecule has 2 aromatic carbocycles. The molecule has 1 aromatic heterocycles.